The van der Waals surface area contributed by atoms with Gasteiger partial charge in [-0.3, -0.25) is 0 Å². The minimum Gasteiger partial charge on any atom is -0.236 e. The average Bonchev–Trinajstić information content (AvgIpc) is 2.85. The SMILES string of the molecule is [C-]#[N+]C1=C2C=C(C)SC2(C)C2(C)SC(C)=CC2=C1C#N. The van der Waals surface area contributed by atoms with Crippen LogP contribution in [0.1, 0.15) is 27.7 Å². The Morgan fingerprint density at radius 3 is 2.10 bits per heavy atom. The van der Waals surface area contributed by atoms with Crippen molar-refractivity contribution in [2.75, 3.05) is 0 Å². The van der Waals surface area contributed by atoms with Crippen molar-refractivity contribution in [1.29, 1.82) is 5.26 Å². The normalized spacial score (nSPS) is 35.1. The maximum absolute atomic E-state index is 9.56. The van der Waals surface area contributed by atoms with Crippen LogP contribution in [0.4, 0.5) is 0 Å². The van der Waals surface area contributed by atoms with Gasteiger partial charge in [-0.25, -0.2) is 4.85 Å². The van der Waals surface area contributed by atoms with Crippen LogP contribution in [0, 0.1) is 17.9 Å². The number of fused-ring (bicyclic) bond motifs is 3. The van der Waals surface area contributed by atoms with Gasteiger partial charge in [0.15, 0.2) is 0 Å². The fraction of sp³-hybridized carbons (Fsp3) is 0.375. The maximum atomic E-state index is 9.56. The highest BCUT2D eigenvalue weighted by Gasteiger charge is 2.58. The Morgan fingerprint density at radius 1 is 1.10 bits per heavy atom. The molecule has 0 aromatic rings. The van der Waals surface area contributed by atoms with Crippen molar-refractivity contribution in [1.82, 2.24) is 0 Å². The van der Waals surface area contributed by atoms with E-state index in [0.717, 1.165) is 11.1 Å². The number of thioether (sulfide) groups is 2. The molecule has 0 aromatic heterocycles. The third kappa shape index (κ3) is 1.41. The van der Waals surface area contributed by atoms with Crippen LogP contribution in [0.2, 0.25) is 0 Å². The lowest BCUT2D eigenvalue weighted by Crippen LogP contribution is -2.47. The van der Waals surface area contributed by atoms with Crippen molar-refractivity contribution in [3.63, 3.8) is 0 Å². The van der Waals surface area contributed by atoms with E-state index < -0.39 is 0 Å². The van der Waals surface area contributed by atoms with Gasteiger partial charge in [0.05, 0.1) is 27.7 Å². The van der Waals surface area contributed by atoms with Gasteiger partial charge in [-0.1, -0.05) is 6.08 Å². The van der Waals surface area contributed by atoms with Crippen molar-refractivity contribution in [3.05, 3.63) is 55.8 Å². The Morgan fingerprint density at radius 2 is 1.60 bits per heavy atom. The molecule has 0 aromatic carbocycles. The molecule has 0 saturated carbocycles. The highest BCUT2D eigenvalue weighted by atomic mass is 32.2. The zero-order valence-electron chi connectivity index (χ0n) is 11.9. The fourth-order valence-electron chi connectivity index (χ4n) is 3.30. The molecule has 0 radical (unpaired) electrons. The number of hydrogen-bond donors (Lipinski definition) is 0. The molecule has 2 aliphatic heterocycles. The molecule has 4 heteroatoms. The lowest BCUT2D eigenvalue weighted by atomic mass is 9.73. The molecule has 0 amide bonds. The molecule has 0 bridgehead atoms. The summed E-state index contributed by atoms with van der Waals surface area (Å²) in [5.74, 6) is 0. The predicted molar refractivity (Wildman–Crippen MR) is 85.8 cm³/mol. The summed E-state index contributed by atoms with van der Waals surface area (Å²) in [5.41, 5.74) is 3.15. The zero-order valence-corrected chi connectivity index (χ0v) is 13.5. The molecule has 100 valence electrons. The van der Waals surface area contributed by atoms with Crippen molar-refractivity contribution in [3.8, 4) is 6.07 Å². The van der Waals surface area contributed by atoms with Crippen LogP contribution in [0.15, 0.2) is 44.4 Å². The Bertz CT molecular complexity index is 675. The van der Waals surface area contributed by atoms with Crippen LogP contribution >= 0.6 is 23.5 Å². The number of nitriles is 1. The molecule has 0 spiro atoms. The molecule has 3 rings (SSSR count). The molecule has 2 atom stereocenters. The van der Waals surface area contributed by atoms with E-state index in [2.05, 4.69) is 50.8 Å². The second kappa shape index (κ2) is 4.07. The van der Waals surface area contributed by atoms with Gasteiger partial charge in [-0.15, -0.1) is 23.5 Å². The molecular weight excluding hydrogens is 284 g/mol. The van der Waals surface area contributed by atoms with Crippen LogP contribution in [0.3, 0.4) is 0 Å². The third-order valence-electron chi connectivity index (χ3n) is 4.35. The summed E-state index contributed by atoms with van der Waals surface area (Å²) in [6.07, 6.45) is 4.18. The first kappa shape index (κ1) is 13.6. The van der Waals surface area contributed by atoms with Gasteiger partial charge >= 0.3 is 0 Å². The third-order valence-corrected chi connectivity index (χ3v) is 7.43. The second-order valence-electron chi connectivity index (χ2n) is 5.56. The fourth-order valence-corrected chi connectivity index (χ4v) is 6.34. The van der Waals surface area contributed by atoms with Gasteiger partial charge in [-0.05, 0) is 54.7 Å². The molecule has 2 heterocycles. The van der Waals surface area contributed by atoms with Gasteiger partial charge in [0.2, 0.25) is 5.70 Å². The summed E-state index contributed by atoms with van der Waals surface area (Å²) in [6.45, 7) is 16.1. The molecule has 20 heavy (non-hydrogen) atoms. The monoisotopic (exact) mass is 298 g/mol. The Balaban J connectivity index is 2.40. The van der Waals surface area contributed by atoms with Gasteiger partial charge in [0.25, 0.3) is 0 Å². The highest BCUT2D eigenvalue weighted by Crippen LogP contribution is 2.66. The van der Waals surface area contributed by atoms with E-state index in [1.54, 1.807) is 0 Å². The summed E-state index contributed by atoms with van der Waals surface area (Å²) < 4.78 is -0.351. The summed E-state index contributed by atoms with van der Waals surface area (Å²) in [7, 11) is 0. The van der Waals surface area contributed by atoms with Crippen molar-refractivity contribution < 1.29 is 0 Å². The van der Waals surface area contributed by atoms with Gasteiger partial charge < -0.3 is 0 Å². The molecule has 0 N–H and O–H groups in total. The number of rotatable bonds is 0. The van der Waals surface area contributed by atoms with Gasteiger partial charge in [0, 0.05) is 0 Å². The summed E-state index contributed by atoms with van der Waals surface area (Å²) in [4.78, 5) is 6.12. The van der Waals surface area contributed by atoms with E-state index in [0.29, 0.717) is 11.3 Å². The average molecular weight is 298 g/mol. The van der Waals surface area contributed by atoms with E-state index >= 15 is 0 Å². The standard InChI is InChI=1S/C16H14N2S2/c1-9-6-12-11(8-17)14(18-5)13-7-10(2)20-16(13,4)15(12,3)19-9/h6-7H,1-4H3. The number of allylic oxidation sites excluding steroid dienone is 5. The minimum atomic E-state index is -0.176. The topological polar surface area (TPSA) is 28.1 Å². The van der Waals surface area contributed by atoms with Crippen LogP contribution in [-0.4, -0.2) is 9.49 Å². The number of hydrogen-bond acceptors (Lipinski definition) is 3. The van der Waals surface area contributed by atoms with Gasteiger partial charge in [-0.2, -0.15) is 5.26 Å². The first-order valence-electron chi connectivity index (χ1n) is 6.39. The molecule has 0 saturated heterocycles. The van der Waals surface area contributed by atoms with Gasteiger partial charge in [0.1, 0.15) is 0 Å². The maximum Gasteiger partial charge on any atom is 0.209 e. The molecular formula is C16H14N2S2. The molecule has 3 aliphatic rings. The molecule has 0 fully saturated rings. The molecule has 1 aliphatic carbocycles. The van der Waals surface area contributed by atoms with Crippen LogP contribution in [0.25, 0.3) is 4.85 Å². The van der Waals surface area contributed by atoms with E-state index in [9.17, 15) is 5.26 Å². The smallest absolute Gasteiger partial charge is 0.209 e. The van der Waals surface area contributed by atoms with Crippen molar-refractivity contribution in [2.24, 2.45) is 0 Å². The van der Waals surface area contributed by atoms with E-state index in [1.807, 2.05) is 23.5 Å². The van der Waals surface area contributed by atoms with Crippen LogP contribution in [-0.2, 0) is 0 Å². The first-order chi connectivity index (χ1) is 9.37. The van der Waals surface area contributed by atoms with E-state index in [4.69, 9.17) is 6.57 Å². The Labute approximate surface area is 128 Å². The van der Waals surface area contributed by atoms with Crippen LogP contribution in [0.5, 0.6) is 0 Å². The summed E-state index contributed by atoms with van der Waals surface area (Å²) in [5, 5.41) is 9.56. The predicted octanol–water partition coefficient (Wildman–Crippen LogP) is 4.81. The lowest BCUT2D eigenvalue weighted by Gasteiger charge is -2.46. The second-order valence-corrected chi connectivity index (χ2v) is 8.88. The lowest BCUT2D eigenvalue weighted by molar-refractivity contribution is 0.612. The largest absolute Gasteiger partial charge is 0.236 e. The number of nitrogens with zero attached hydrogens (tertiary/aromatic N) is 2. The Kier molecular flexibility index (Phi) is 2.77. The molecule has 2 nitrogen and oxygen atoms in total. The highest BCUT2D eigenvalue weighted by molar-refractivity contribution is 8.09. The minimum absolute atomic E-state index is 0.175. The Hall–Kier alpha value is -1.36. The summed E-state index contributed by atoms with van der Waals surface area (Å²) >= 11 is 3.64. The van der Waals surface area contributed by atoms with Crippen LogP contribution < -0.4 is 0 Å². The quantitative estimate of drug-likeness (QED) is 0.601. The zero-order chi connectivity index (χ0) is 14.7. The van der Waals surface area contributed by atoms with E-state index in [-0.39, 0.29) is 9.49 Å². The first-order valence-corrected chi connectivity index (χ1v) is 8.03. The summed E-state index contributed by atoms with van der Waals surface area (Å²) in [6, 6.07) is 2.28. The van der Waals surface area contributed by atoms with Crippen molar-refractivity contribution >= 4 is 23.5 Å². The van der Waals surface area contributed by atoms with Crippen molar-refractivity contribution in [2.45, 2.75) is 37.2 Å². The molecule has 2 unspecified atom stereocenters. The van der Waals surface area contributed by atoms with E-state index in [1.165, 1.54) is 9.81 Å².